The van der Waals surface area contributed by atoms with Crippen LogP contribution in [0.5, 0.6) is 0 Å². The number of amidine groups is 1. The van der Waals surface area contributed by atoms with E-state index < -0.39 is 0 Å². The quantitative estimate of drug-likeness (QED) is 0.762. The zero-order valence-electron chi connectivity index (χ0n) is 14.9. The van der Waals surface area contributed by atoms with Crippen LogP contribution < -0.4 is 4.90 Å². The van der Waals surface area contributed by atoms with Gasteiger partial charge in [-0.2, -0.15) is 0 Å². The summed E-state index contributed by atoms with van der Waals surface area (Å²) in [6.07, 6.45) is 1.97. The Kier molecular flexibility index (Phi) is 4.36. The first-order valence-electron chi connectivity index (χ1n) is 8.78. The molecule has 0 radical (unpaired) electrons. The van der Waals surface area contributed by atoms with Crippen molar-refractivity contribution in [2.45, 2.75) is 6.92 Å². The summed E-state index contributed by atoms with van der Waals surface area (Å²) in [5, 5.41) is 1.28. The number of piperazine rings is 1. The van der Waals surface area contributed by atoms with Crippen molar-refractivity contribution in [2.24, 2.45) is 4.99 Å². The smallest absolute Gasteiger partial charge is 0.139 e. The SMILES string of the molecule is C=CCN1c2ccccc2N=C(N2CCN(C)CC2)c2cc(C)sc21. The van der Waals surface area contributed by atoms with Gasteiger partial charge in [-0.15, -0.1) is 17.9 Å². The second kappa shape index (κ2) is 6.65. The largest absolute Gasteiger partial charge is 0.353 e. The summed E-state index contributed by atoms with van der Waals surface area (Å²) in [5.74, 6) is 1.12. The Labute approximate surface area is 153 Å². The lowest BCUT2D eigenvalue weighted by molar-refractivity contribution is 0.216. The van der Waals surface area contributed by atoms with Crippen molar-refractivity contribution < 1.29 is 0 Å². The molecule has 5 heteroatoms. The molecule has 4 rings (SSSR count). The van der Waals surface area contributed by atoms with Gasteiger partial charge in [-0.25, -0.2) is 4.99 Å². The number of anilines is 2. The number of aryl methyl sites for hydroxylation is 1. The highest BCUT2D eigenvalue weighted by molar-refractivity contribution is 7.16. The predicted molar refractivity (Wildman–Crippen MR) is 108 cm³/mol. The molecule has 1 fully saturated rings. The molecule has 1 aromatic carbocycles. The zero-order chi connectivity index (χ0) is 17.4. The Hall–Kier alpha value is -2.11. The van der Waals surface area contributed by atoms with Crippen LogP contribution in [-0.4, -0.2) is 55.4 Å². The molecule has 0 amide bonds. The Bertz CT molecular complexity index is 815. The second-order valence-electron chi connectivity index (χ2n) is 6.69. The first-order chi connectivity index (χ1) is 12.2. The molecule has 130 valence electrons. The minimum Gasteiger partial charge on any atom is -0.353 e. The number of aliphatic imine (C=N–C) groups is 1. The van der Waals surface area contributed by atoms with Gasteiger partial charge in [0.1, 0.15) is 10.8 Å². The predicted octanol–water partition coefficient (Wildman–Crippen LogP) is 4.02. The number of likely N-dealkylation sites (N-methyl/N-ethyl adjacent to an activating group) is 1. The third-order valence-electron chi connectivity index (χ3n) is 4.84. The van der Waals surface area contributed by atoms with Crippen molar-refractivity contribution in [1.29, 1.82) is 0 Å². The van der Waals surface area contributed by atoms with Crippen LogP contribution in [0, 0.1) is 6.92 Å². The van der Waals surface area contributed by atoms with Crippen molar-refractivity contribution in [1.82, 2.24) is 9.80 Å². The van der Waals surface area contributed by atoms with Crippen molar-refractivity contribution in [3.63, 3.8) is 0 Å². The van der Waals surface area contributed by atoms with Crippen LogP contribution in [-0.2, 0) is 0 Å². The van der Waals surface area contributed by atoms with E-state index in [4.69, 9.17) is 4.99 Å². The van der Waals surface area contributed by atoms with Gasteiger partial charge < -0.3 is 14.7 Å². The molecule has 2 aliphatic rings. The highest BCUT2D eigenvalue weighted by atomic mass is 32.1. The van der Waals surface area contributed by atoms with E-state index in [9.17, 15) is 0 Å². The summed E-state index contributed by atoms with van der Waals surface area (Å²) in [5.41, 5.74) is 3.46. The van der Waals surface area contributed by atoms with Crippen LogP contribution in [0.4, 0.5) is 16.4 Å². The van der Waals surface area contributed by atoms with E-state index in [1.807, 2.05) is 17.4 Å². The van der Waals surface area contributed by atoms with Crippen LogP contribution in [0.15, 0.2) is 48.0 Å². The maximum atomic E-state index is 5.13. The molecule has 25 heavy (non-hydrogen) atoms. The maximum Gasteiger partial charge on any atom is 0.139 e. The van der Waals surface area contributed by atoms with E-state index in [0.717, 1.165) is 49.9 Å². The molecule has 4 nitrogen and oxygen atoms in total. The van der Waals surface area contributed by atoms with Crippen molar-refractivity contribution in [3.8, 4) is 0 Å². The summed E-state index contributed by atoms with van der Waals surface area (Å²) in [6, 6.07) is 10.7. The first kappa shape index (κ1) is 16.4. The van der Waals surface area contributed by atoms with E-state index >= 15 is 0 Å². The van der Waals surface area contributed by atoms with Crippen molar-refractivity contribution in [3.05, 3.63) is 53.4 Å². The molecule has 1 saturated heterocycles. The van der Waals surface area contributed by atoms with Crippen LogP contribution in [0.1, 0.15) is 10.4 Å². The number of thiophene rings is 1. The molecule has 0 aliphatic carbocycles. The topological polar surface area (TPSA) is 22.1 Å². The van der Waals surface area contributed by atoms with E-state index in [0.29, 0.717) is 0 Å². The van der Waals surface area contributed by atoms with Crippen LogP contribution in [0.25, 0.3) is 0 Å². The lowest BCUT2D eigenvalue weighted by atomic mass is 10.2. The van der Waals surface area contributed by atoms with Crippen LogP contribution in [0.3, 0.4) is 0 Å². The molecule has 0 N–H and O–H groups in total. The summed E-state index contributed by atoms with van der Waals surface area (Å²) in [6.45, 7) is 11.1. The third-order valence-corrected chi connectivity index (χ3v) is 5.91. The number of nitrogens with zero attached hydrogens (tertiary/aromatic N) is 4. The Balaban J connectivity index is 1.86. The van der Waals surface area contributed by atoms with Gasteiger partial charge in [0.2, 0.25) is 0 Å². The fourth-order valence-corrected chi connectivity index (χ4v) is 4.53. The summed E-state index contributed by atoms with van der Waals surface area (Å²) < 4.78 is 0. The normalized spacial score (nSPS) is 17.6. The Morgan fingerprint density at radius 3 is 2.72 bits per heavy atom. The average Bonchev–Trinajstić information content (AvgIpc) is 2.95. The zero-order valence-corrected chi connectivity index (χ0v) is 15.7. The van der Waals surface area contributed by atoms with Gasteiger partial charge in [-0.3, -0.25) is 0 Å². The molecule has 2 aliphatic heterocycles. The van der Waals surface area contributed by atoms with E-state index in [1.165, 1.54) is 15.4 Å². The van der Waals surface area contributed by atoms with Gasteiger partial charge >= 0.3 is 0 Å². The summed E-state index contributed by atoms with van der Waals surface area (Å²) >= 11 is 1.84. The van der Waals surface area contributed by atoms with Gasteiger partial charge in [0.25, 0.3) is 0 Å². The number of para-hydroxylation sites is 2. The molecule has 0 spiro atoms. The monoisotopic (exact) mass is 352 g/mol. The maximum absolute atomic E-state index is 5.13. The molecule has 0 unspecified atom stereocenters. The number of rotatable bonds is 2. The summed E-state index contributed by atoms with van der Waals surface area (Å²) in [7, 11) is 2.19. The van der Waals surface area contributed by atoms with Crippen molar-refractivity contribution in [2.75, 3.05) is 44.7 Å². The van der Waals surface area contributed by atoms with Gasteiger partial charge in [-0.1, -0.05) is 18.2 Å². The lowest BCUT2D eigenvalue weighted by Gasteiger charge is -2.34. The molecule has 3 heterocycles. The highest BCUT2D eigenvalue weighted by Gasteiger charge is 2.28. The Morgan fingerprint density at radius 1 is 1.20 bits per heavy atom. The van der Waals surface area contributed by atoms with Crippen LogP contribution in [0.2, 0.25) is 0 Å². The fraction of sp³-hybridized carbons (Fsp3) is 0.350. The molecule has 0 bridgehead atoms. The third kappa shape index (κ3) is 2.98. The molecular weight excluding hydrogens is 328 g/mol. The standard InChI is InChI=1S/C20H24N4S/c1-4-9-24-18-8-6-5-7-17(18)21-19(16-14-15(2)25-20(16)24)23-12-10-22(3)11-13-23/h4-8,14H,1,9-13H2,2-3H3. The molecule has 2 aromatic rings. The molecule has 0 atom stereocenters. The minimum atomic E-state index is 0.787. The van der Waals surface area contributed by atoms with E-state index in [2.05, 4.69) is 65.6 Å². The first-order valence-corrected chi connectivity index (χ1v) is 9.59. The van der Waals surface area contributed by atoms with E-state index in [-0.39, 0.29) is 0 Å². The van der Waals surface area contributed by atoms with Gasteiger partial charge in [0.05, 0.1) is 16.9 Å². The minimum absolute atomic E-state index is 0.787. The van der Waals surface area contributed by atoms with Gasteiger partial charge in [0, 0.05) is 37.6 Å². The second-order valence-corrected chi connectivity index (χ2v) is 7.92. The number of hydrogen-bond acceptors (Lipinski definition) is 5. The lowest BCUT2D eigenvalue weighted by Crippen LogP contribution is -2.47. The molecule has 0 saturated carbocycles. The van der Waals surface area contributed by atoms with Crippen LogP contribution >= 0.6 is 11.3 Å². The number of fused-ring (bicyclic) bond motifs is 2. The van der Waals surface area contributed by atoms with Gasteiger partial charge in [0.15, 0.2) is 0 Å². The number of benzene rings is 1. The molecular formula is C20H24N4S. The summed E-state index contributed by atoms with van der Waals surface area (Å²) in [4.78, 5) is 13.6. The van der Waals surface area contributed by atoms with E-state index in [1.54, 1.807) is 0 Å². The van der Waals surface area contributed by atoms with Gasteiger partial charge in [-0.05, 0) is 32.2 Å². The van der Waals surface area contributed by atoms with Crippen molar-refractivity contribution >= 4 is 33.5 Å². The Morgan fingerprint density at radius 2 is 1.96 bits per heavy atom. The average molecular weight is 353 g/mol. The molecule has 1 aromatic heterocycles. The number of hydrogen-bond donors (Lipinski definition) is 0. The fourth-order valence-electron chi connectivity index (χ4n) is 3.50. The highest BCUT2D eigenvalue weighted by Crippen LogP contribution is 2.43.